The number of nitrogens with zero attached hydrogens (tertiary/aromatic N) is 1. The fourth-order valence-electron chi connectivity index (χ4n) is 7.70. The lowest BCUT2D eigenvalue weighted by molar-refractivity contribution is -0.138. The fraction of sp³-hybridized carbons (Fsp3) is 0.688. The lowest BCUT2D eigenvalue weighted by Gasteiger charge is -2.48. The molecule has 0 radical (unpaired) electrons. The topological polar surface area (TPSA) is 68.1 Å². The highest BCUT2D eigenvalue weighted by atomic mass is 16.5. The molecule has 7 atom stereocenters. The van der Waals surface area contributed by atoms with Crippen LogP contribution in [0.5, 0.6) is 0 Å². The standard InChI is InChI=1S/C32H45NO4/c1-19-8-6-9-29-32(13-7-15-33-29)14-12-25(28-18-22(4)31(35)37-28)23(5)26(32)17-20(2)27(34)11-10-24-16-21(3)30(19)36-24/h8,17-18,21,24,26-28,30,34H,6-7,9-16H2,1-5H3/b19-8+,20-17+. The average molecular weight is 508 g/mol. The van der Waals surface area contributed by atoms with Gasteiger partial charge in [-0.3, -0.25) is 4.99 Å². The molecule has 4 aliphatic heterocycles. The molecule has 0 aromatic rings. The number of fused-ring (bicyclic) bond motifs is 2. The molecular weight excluding hydrogens is 462 g/mol. The second-order valence-corrected chi connectivity index (χ2v) is 12.3. The molecule has 2 bridgehead atoms. The third-order valence-corrected chi connectivity index (χ3v) is 9.87. The molecule has 4 heterocycles. The number of ether oxygens (including phenoxy) is 2. The Hall–Kier alpha value is -1.98. The third kappa shape index (κ3) is 5.06. The molecule has 0 aromatic heterocycles. The minimum atomic E-state index is -0.481. The Kier molecular flexibility index (Phi) is 7.66. The van der Waals surface area contributed by atoms with Gasteiger partial charge in [-0.2, -0.15) is 0 Å². The summed E-state index contributed by atoms with van der Waals surface area (Å²) in [5, 5.41) is 11.2. The molecule has 5 aliphatic rings. The van der Waals surface area contributed by atoms with Crippen LogP contribution in [-0.4, -0.2) is 47.7 Å². The highest BCUT2D eigenvalue weighted by molar-refractivity contribution is 5.93. The Bertz CT molecular complexity index is 1080. The van der Waals surface area contributed by atoms with E-state index in [2.05, 4.69) is 39.8 Å². The fourth-order valence-corrected chi connectivity index (χ4v) is 7.70. The second kappa shape index (κ2) is 10.6. The summed E-state index contributed by atoms with van der Waals surface area (Å²) in [5.74, 6) is 0.459. The molecule has 7 unspecified atom stereocenters. The molecule has 37 heavy (non-hydrogen) atoms. The monoisotopic (exact) mass is 507 g/mol. The minimum absolute atomic E-state index is 0.0289. The Balaban J connectivity index is 1.55. The summed E-state index contributed by atoms with van der Waals surface area (Å²) in [5.41, 5.74) is 6.92. The maximum Gasteiger partial charge on any atom is 0.334 e. The van der Waals surface area contributed by atoms with Crippen LogP contribution in [0.2, 0.25) is 0 Å². The van der Waals surface area contributed by atoms with Crippen LogP contribution in [0, 0.1) is 17.3 Å². The number of aliphatic hydroxyl groups excluding tert-OH is 1. The molecule has 1 fully saturated rings. The van der Waals surface area contributed by atoms with Crippen molar-refractivity contribution in [3.8, 4) is 0 Å². The first-order valence-electron chi connectivity index (χ1n) is 14.5. The molecule has 1 aliphatic carbocycles. The van der Waals surface area contributed by atoms with Crippen molar-refractivity contribution < 1.29 is 19.4 Å². The molecule has 0 saturated carbocycles. The average Bonchev–Trinajstić information content (AvgIpc) is 3.41. The number of aliphatic hydroxyl groups is 1. The SMILES string of the molecule is CC1=CC(C2=C(C)C3/C=C(\C)C(O)CCC4CC(C)C(O4)/C(C)=C/CCC4=NCCCC43CC2)OC1=O. The largest absolute Gasteiger partial charge is 0.450 e. The lowest BCUT2D eigenvalue weighted by atomic mass is 9.57. The van der Waals surface area contributed by atoms with Crippen LogP contribution in [0.4, 0.5) is 0 Å². The van der Waals surface area contributed by atoms with Crippen molar-refractivity contribution in [2.75, 3.05) is 6.54 Å². The van der Waals surface area contributed by atoms with E-state index in [0.29, 0.717) is 17.9 Å². The summed E-state index contributed by atoms with van der Waals surface area (Å²) >= 11 is 0. The number of cyclic esters (lactones) is 1. The van der Waals surface area contributed by atoms with Gasteiger partial charge in [0, 0.05) is 29.2 Å². The lowest BCUT2D eigenvalue weighted by Crippen LogP contribution is -2.44. The van der Waals surface area contributed by atoms with Crippen molar-refractivity contribution in [1.82, 2.24) is 0 Å². The maximum atomic E-state index is 12.2. The molecule has 5 heteroatoms. The van der Waals surface area contributed by atoms with Gasteiger partial charge in [0.1, 0.15) is 6.10 Å². The van der Waals surface area contributed by atoms with Gasteiger partial charge in [0.2, 0.25) is 0 Å². The van der Waals surface area contributed by atoms with Gasteiger partial charge in [-0.15, -0.1) is 0 Å². The number of esters is 1. The van der Waals surface area contributed by atoms with Gasteiger partial charge in [0.15, 0.2) is 0 Å². The first kappa shape index (κ1) is 26.6. The Morgan fingerprint density at radius 2 is 1.86 bits per heavy atom. The van der Waals surface area contributed by atoms with Gasteiger partial charge in [0.25, 0.3) is 0 Å². The summed E-state index contributed by atoms with van der Waals surface area (Å²) in [6.45, 7) is 11.6. The Labute approximate surface area is 222 Å². The zero-order valence-corrected chi connectivity index (χ0v) is 23.4. The zero-order chi connectivity index (χ0) is 26.3. The summed E-state index contributed by atoms with van der Waals surface area (Å²) in [7, 11) is 0. The maximum absolute atomic E-state index is 12.2. The molecule has 1 spiro atoms. The zero-order valence-electron chi connectivity index (χ0n) is 23.4. The van der Waals surface area contributed by atoms with E-state index >= 15 is 0 Å². The van der Waals surface area contributed by atoms with Gasteiger partial charge in [-0.1, -0.05) is 24.6 Å². The van der Waals surface area contributed by atoms with Gasteiger partial charge in [0.05, 0.1) is 18.3 Å². The van der Waals surface area contributed by atoms with E-state index in [1.807, 2.05) is 13.0 Å². The third-order valence-electron chi connectivity index (χ3n) is 9.87. The Morgan fingerprint density at radius 3 is 2.62 bits per heavy atom. The van der Waals surface area contributed by atoms with Crippen LogP contribution in [0.1, 0.15) is 92.4 Å². The van der Waals surface area contributed by atoms with Crippen LogP contribution in [0.15, 0.2) is 51.1 Å². The van der Waals surface area contributed by atoms with Gasteiger partial charge in [-0.25, -0.2) is 4.79 Å². The molecular formula is C32H45NO4. The van der Waals surface area contributed by atoms with Gasteiger partial charge < -0.3 is 14.6 Å². The highest BCUT2D eigenvalue weighted by Gasteiger charge is 2.48. The molecule has 5 rings (SSSR count). The quantitative estimate of drug-likeness (QED) is 0.328. The Morgan fingerprint density at radius 1 is 1.05 bits per heavy atom. The van der Waals surface area contributed by atoms with Crippen molar-refractivity contribution >= 4 is 11.7 Å². The molecule has 1 N–H and O–H groups in total. The normalized spacial score (nSPS) is 42.2. The number of aliphatic imine (C=N–C) groups is 1. The predicted molar refractivity (Wildman–Crippen MR) is 147 cm³/mol. The van der Waals surface area contributed by atoms with Crippen LogP contribution >= 0.6 is 0 Å². The van der Waals surface area contributed by atoms with Crippen molar-refractivity contribution in [2.45, 2.75) is 117 Å². The van der Waals surface area contributed by atoms with E-state index in [4.69, 9.17) is 14.5 Å². The van der Waals surface area contributed by atoms with Crippen molar-refractivity contribution in [3.63, 3.8) is 0 Å². The van der Waals surface area contributed by atoms with Crippen molar-refractivity contribution in [1.29, 1.82) is 0 Å². The van der Waals surface area contributed by atoms with Crippen molar-refractivity contribution in [2.24, 2.45) is 22.2 Å². The van der Waals surface area contributed by atoms with E-state index in [1.165, 1.54) is 22.4 Å². The number of carbonyl (C=O) groups is 1. The molecule has 202 valence electrons. The van der Waals surface area contributed by atoms with Crippen LogP contribution in [0.3, 0.4) is 0 Å². The predicted octanol–water partition coefficient (Wildman–Crippen LogP) is 6.43. The van der Waals surface area contributed by atoms with Gasteiger partial charge in [-0.05, 0) is 114 Å². The first-order chi connectivity index (χ1) is 17.7. The smallest absolute Gasteiger partial charge is 0.334 e. The second-order valence-electron chi connectivity index (χ2n) is 12.3. The molecule has 0 aromatic carbocycles. The first-order valence-corrected chi connectivity index (χ1v) is 14.5. The van der Waals surface area contributed by atoms with Crippen LogP contribution in [0.25, 0.3) is 0 Å². The van der Waals surface area contributed by atoms with Crippen LogP contribution < -0.4 is 0 Å². The van der Waals surface area contributed by atoms with E-state index < -0.39 is 6.10 Å². The van der Waals surface area contributed by atoms with E-state index in [1.54, 1.807) is 0 Å². The van der Waals surface area contributed by atoms with E-state index in [0.717, 1.165) is 63.5 Å². The molecule has 5 nitrogen and oxygen atoms in total. The van der Waals surface area contributed by atoms with E-state index in [-0.39, 0.29) is 35.6 Å². The molecule has 1 saturated heterocycles. The summed E-state index contributed by atoms with van der Waals surface area (Å²) in [6, 6.07) is 0. The summed E-state index contributed by atoms with van der Waals surface area (Å²) in [6.07, 6.45) is 15.1. The minimum Gasteiger partial charge on any atom is -0.450 e. The van der Waals surface area contributed by atoms with Crippen LogP contribution in [-0.2, 0) is 14.3 Å². The van der Waals surface area contributed by atoms with Crippen molar-refractivity contribution in [3.05, 3.63) is 46.1 Å². The summed E-state index contributed by atoms with van der Waals surface area (Å²) < 4.78 is 12.2. The number of carbonyl (C=O) groups excluding carboxylic acids is 1. The van der Waals surface area contributed by atoms with E-state index in [9.17, 15) is 9.90 Å². The number of rotatable bonds is 1. The number of hydrogen-bond acceptors (Lipinski definition) is 5. The molecule has 0 amide bonds. The highest BCUT2D eigenvalue weighted by Crippen LogP contribution is 2.53. The number of hydrogen-bond donors (Lipinski definition) is 1. The van der Waals surface area contributed by atoms with Gasteiger partial charge >= 0.3 is 5.97 Å². The summed E-state index contributed by atoms with van der Waals surface area (Å²) in [4.78, 5) is 17.4. The number of allylic oxidation sites excluding steroid dienone is 3.